The van der Waals surface area contributed by atoms with Crippen LogP contribution in [0.25, 0.3) is 55.7 Å². The summed E-state index contributed by atoms with van der Waals surface area (Å²) in [6.07, 6.45) is 5.59. The summed E-state index contributed by atoms with van der Waals surface area (Å²) in [7, 11) is 0. The first kappa shape index (κ1) is 33.7. The molecule has 0 saturated heterocycles. The third-order valence-electron chi connectivity index (χ3n) is 13.0. The molecule has 1 unspecified atom stereocenters. The maximum absolute atomic E-state index is 6.58. The molecule has 0 aliphatic heterocycles. The van der Waals surface area contributed by atoms with E-state index < -0.39 is 11.0 Å². The van der Waals surface area contributed by atoms with Gasteiger partial charge in [-0.1, -0.05) is 152 Å². The monoisotopic (exact) mass is 756 g/mol. The number of para-hydroxylation sites is 3. The van der Waals surface area contributed by atoms with E-state index in [-0.39, 0.29) is 0 Å². The zero-order chi connectivity index (χ0) is 39.1. The highest BCUT2D eigenvalue weighted by molar-refractivity contribution is 6.06. The molecule has 0 saturated carbocycles. The van der Waals surface area contributed by atoms with Crippen LogP contribution >= 0.6 is 0 Å². The van der Waals surface area contributed by atoms with Crippen molar-refractivity contribution in [2.75, 3.05) is 4.90 Å². The second-order valence-corrected chi connectivity index (χ2v) is 16.3. The number of rotatable bonds is 6. The third kappa shape index (κ3) is 4.88. The van der Waals surface area contributed by atoms with E-state index in [4.69, 9.17) is 4.42 Å². The van der Waals surface area contributed by atoms with Crippen LogP contribution in [0.3, 0.4) is 0 Å². The highest BCUT2D eigenvalue weighted by Crippen LogP contribution is 2.57. The van der Waals surface area contributed by atoms with E-state index in [9.17, 15) is 0 Å². The maximum atomic E-state index is 6.58. The van der Waals surface area contributed by atoms with E-state index >= 15 is 0 Å². The molecule has 3 nitrogen and oxygen atoms in total. The van der Waals surface area contributed by atoms with Crippen molar-refractivity contribution in [1.82, 2.24) is 4.57 Å². The molecule has 8 aromatic carbocycles. The Kier molecular flexibility index (Phi) is 7.34. The lowest BCUT2D eigenvalue weighted by molar-refractivity contribution is 0.560. The van der Waals surface area contributed by atoms with Crippen molar-refractivity contribution >= 4 is 50.3 Å². The average molecular weight is 757 g/mol. The summed E-state index contributed by atoms with van der Waals surface area (Å²) in [5.41, 5.74) is 15.6. The number of hydrogen-bond donors (Lipinski definition) is 0. The quantitative estimate of drug-likeness (QED) is 0.168. The van der Waals surface area contributed by atoms with E-state index in [2.05, 4.69) is 223 Å². The molecule has 1 atom stereocenters. The topological polar surface area (TPSA) is 21.3 Å². The first-order valence-corrected chi connectivity index (χ1v) is 20.6. The smallest absolute Gasteiger partial charge is 0.137 e. The summed E-state index contributed by atoms with van der Waals surface area (Å²) in [5.74, 6) is 0. The molecule has 0 bridgehead atoms. The van der Waals surface area contributed by atoms with E-state index in [1.165, 1.54) is 61.2 Å². The van der Waals surface area contributed by atoms with Crippen LogP contribution in [-0.4, -0.2) is 10.1 Å². The molecule has 10 aromatic rings. The molecule has 2 aromatic heterocycles. The highest BCUT2D eigenvalue weighted by Gasteiger charge is 2.47. The summed E-state index contributed by atoms with van der Waals surface area (Å²) >= 11 is 0. The second-order valence-electron chi connectivity index (χ2n) is 16.3. The Morgan fingerprint density at radius 1 is 0.508 bits per heavy atom. The van der Waals surface area contributed by atoms with E-state index in [1.807, 2.05) is 6.07 Å². The number of aromatic nitrogens is 1. The lowest BCUT2D eigenvalue weighted by Gasteiger charge is -2.43. The molecule has 0 amide bonds. The predicted octanol–water partition coefficient (Wildman–Crippen LogP) is 14.1. The SMILES string of the molecule is CC1(N(c2ccc3c(c2)C(c2ccccc2)(c2ccccc2)c2ccccc2-3)c2ccc3c(c2)oc2ccccc23)C=Cc2c(c3ccccc3n2-c2ccccc2)C1. The number of anilines is 2. The number of fused-ring (bicyclic) bond motifs is 9. The van der Waals surface area contributed by atoms with Crippen molar-refractivity contribution in [3.8, 4) is 16.8 Å². The summed E-state index contributed by atoms with van der Waals surface area (Å²) in [6, 6.07) is 73.1. The van der Waals surface area contributed by atoms with E-state index in [0.29, 0.717) is 0 Å². The van der Waals surface area contributed by atoms with Crippen LogP contribution in [-0.2, 0) is 11.8 Å². The van der Waals surface area contributed by atoms with Crippen LogP contribution in [0.2, 0.25) is 0 Å². The molecule has 12 rings (SSSR count). The van der Waals surface area contributed by atoms with Crippen LogP contribution in [0, 0.1) is 0 Å². The summed E-state index contributed by atoms with van der Waals surface area (Å²) in [4.78, 5) is 2.57. The summed E-state index contributed by atoms with van der Waals surface area (Å²) in [6.45, 7) is 2.40. The second kappa shape index (κ2) is 12.8. The standard InChI is InChI=1S/C56H40N2O/c1-55(34-33-52-48(37-55)45-24-12-15-27-51(45)57(52)40-21-9-4-10-22-40)58(42-30-32-47-46-25-13-16-28-53(46)59-54(47)36-42)41-29-31-44-43-23-11-14-26-49(43)56(50(44)35-41,38-17-5-2-6-18-38)39-19-7-3-8-20-39/h2-36H,37H2,1H3. The van der Waals surface area contributed by atoms with Crippen molar-refractivity contribution in [1.29, 1.82) is 0 Å². The molecule has 2 aliphatic rings. The van der Waals surface area contributed by atoms with Crippen LogP contribution in [0.1, 0.15) is 40.4 Å². The minimum Gasteiger partial charge on any atom is -0.456 e. The van der Waals surface area contributed by atoms with Gasteiger partial charge in [-0.2, -0.15) is 0 Å². The normalized spacial score (nSPS) is 16.3. The lowest BCUT2D eigenvalue weighted by Crippen LogP contribution is -2.45. The van der Waals surface area contributed by atoms with Crippen molar-refractivity contribution < 1.29 is 4.42 Å². The third-order valence-corrected chi connectivity index (χ3v) is 13.0. The van der Waals surface area contributed by atoms with Gasteiger partial charge < -0.3 is 13.9 Å². The molecule has 59 heavy (non-hydrogen) atoms. The summed E-state index contributed by atoms with van der Waals surface area (Å²) < 4.78 is 9.01. The Morgan fingerprint density at radius 3 is 1.88 bits per heavy atom. The minimum atomic E-state index is -0.515. The molecule has 2 aliphatic carbocycles. The number of furan rings is 1. The van der Waals surface area contributed by atoms with Gasteiger partial charge in [0.25, 0.3) is 0 Å². The molecule has 0 radical (unpaired) electrons. The molecule has 3 heteroatoms. The maximum Gasteiger partial charge on any atom is 0.137 e. The molecule has 0 fully saturated rings. The van der Waals surface area contributed by atoms with Crippen molar-refractivity contribution in [3.05, 3.63) is 240 Å². The van der Waals surface area contributed by atoms with Crippen molar-refractivity contribution in [3.63, 3.8) is 0 Å². The first-order chi connectivity index (χ1) is 29.1. The van der Waals surface area contributed by atoms with E-state index in [1.54, 1.807) is 0 Å². The van der Waals surface area contributed by atoms with Crippen LogP contribution in [0.5, 0.6) is 0 Å². The Balaban J connectivity index is 1.11. The Morgan fingerprint density at radius 2 is 1.10 bits per heavy atom. The van der Waals surface area contributed by atoms with Crippen molar-refractivity contribution in [2.24, 2.45) is 0 Å². The Bertz CT molecular complexity index is 3230. The molecule has 0 N–H and O–H groups in total. The Hall–Kier alpha value is -7.36. The lowest BCUT2D eigenvalue weighted by atomic mass is 9.67. The zero-order valence-corrected chi connectivity index (χ0v) is 32.7. The molecule has 2 heterocycles. The first-order valence-electron chi connectivity index (χ1n) is 20.6. The van der Waals surface area contributed by atoms with Gasteiger partial charge in [-0.05, 0) is 100 Å². The fraction of sp³-hybridized carbons (Fsp3) is 0.0714. The van der Waals surface area contributed by atoms with Gasteiger partial charge in [-0.15, -0.1) is 0 Å². The van der Waals surface area contributed by atoms with Gasteiger partial charge in [-0.3, -0.25) is 0 Å². The average Bonchev–Trinajstić information content (AvgIpc) is 3.93. The largest absolute Gasteiger partial charge is 0.456 e. The molecule has 0 spiro atoms. The van der Waals surface area contributed by atoms with Crippen LogP contribution in [0.15, 0.2) is 211 Å². The zero-order valence-electron chi connectivity index (χ0n) is 32.7. The fourth-order valence-electron chi connectivity index (χ4n) is 10.5. The van der Waals surface area contributed by atoms with Crippen LogP contribution < -0.4 is 4.90 Å². The van der Waals surface area contributed by atoms with Gasteiger partial charge in [0.1, 0.15) is 11.2 Å². The van der Waals surface area contributed by atoms with Gasteiger partial charge in [-0.25, -0.2) is 0 Å². The highest BCUT2D eigenvalue weighted by atomic mass is 16.3. The van der Waals surface area contributed by atoms with Gasteiger partial charge in [0.15, 0.2) is 0 Å². The fourth-order valence-corrected chi connectivity index (χ4v) is 10.5. The molecular formula is C56H40N2O. The predicted molar refractivity (Wildman–Crippen MR) is 244 cm³/mol. The minimum absolute atomic E-state index is 0.458. The number of nitrogens with zero attached hydrogens (tertiary/aromatic N) is 2. The van der Waals surface area contributed by atoms with Crippen LogP contribution in [0.4, 0.5) is 11.4 Å². The number of benzene rings is 8. The van der Waals surface area contributed by atoms with Gasteiger partial charge in [0.05, 0.1) is 16.5 Å². The molecular weight excluding hydrogens is 717 g/mol. The number of hydrogen-bond acceptors (Lipinski definition) is 2. The molecule has 280 valence electrons. The van der Waals surface area contributed by atoms with Gasteiger partial charge in [0, 0.05) is 51.4 Å². The van der Waals surface area contributed by atoms with Gasteiger partial charge >= 0.3 is 0 Å². The van der Waals surface area contributed by atoms with Crippen molar-refractivity contribution in [2.45, 2.75) is 24.3 Å². The summed E-state index contributed by atoms with van der Waals surface area (Å²) in [5, 5.41) is 3.54. The van der Waals surface area contributed by atoms with Gasteiger partial charge in [0.2, 0.25) is 0 Å². The Labute approximate surface area is 343 Å². The van der Waals surface area contributed by atoms with E-state index in [0.717, 1.165) is 39.7 Å².